The minimum absolute atomic E-state index is 0.291. The van der Waals surface area contributed by atoms with E-state index in [-0.39, 0.29) is 0 Å². The molecule has 0 bridgehead atoms. The molecular weight excluding hydrogens is 364 g/mol. The number of hydrogen-bond donors (Lipinski definition) is 1. The minimum atomic E-state index is 0.291. The number of morpholine rings is 1. The van der Waals surface area contributed by atoms with Gasteiger partial charge in [-0.1, -0.05) is 29.8 Å². The van der Waals surface area contributed by atoms with Crippen LogP contribution in [0.15, 0.2) is 29.3 Å². The number of nitrogens with zero attached hydrogens (tertiary/aromatic N) is 3. The topological polar surface area (TPSA) is 49.3 Å². The molecule has 0 saturated carbocycles. The molecule has 0 aromatic heterocycles. The Hall–Kier alpha value is -1.63. The monoisotopic (exact) mass is 400 g/mol. The van der Waals surface area contributed by atoms with E-state index in [0.29, 0.717) is 11.5 Å². The first kappa shape index (κ1) is 20.6. The Balaban J connectivity index is 1.52. The van der Waals surface area contributed by atoms with Gasteiger partial charge in [0.25, 0.3) is 0 Å². The van der Waals surface area contributed by atoms with Gasteiger partial charge in [0.1, 0.15) is 0 Å². The molecule has 6 nitrogen and oxygen atoms in total. The molecule has 0 radical (unpaired) electrons. The van der Waals surface area contributed by atoms with Crippen LogP contribution in [0.3, 0.4) is 0 Å². The van der Waals surface area contributed by atoms with Crippen LogP contribution in [0, 0.1) is 12.3 Å². The van der Waals surface area contributed by atoms with E-state index >= 15 is 0 Å². The SMILES string of the molecule is CCNC(=NCC(c1cccc(C)c1)N1CCOCC1)N1CCC2(CCOC2)C1. The van der Waals surface area contributed by atoms with Gasteiger partial charge in [0.05, 0.1) is 32.4 Å². The van der Waals surface area contributed by atoms with E-state index in [9.17, 15) is 0 Å². The van der Waals surface area contributed by atoms with Crippen molar-refractivity contribution in [2.24, 2.45) is 10.4 Å². The van der Waals surface area contributed by atoms with Crippen molar-refractivity contribution in [3.8, 4) is 0 Å². The quantitative estimate of drug-likeness (QED) is 0.608. The van der Waals surface area contributed by atoms with Gasteiger partial charge in [-0.25, -0.2) is 0 Å². The number of likely N-dealkylation sites (tertiary alicyclic amines) is 1. The molecule has 1 aromatic rings. The average Bonchev–Trinajstić information content (AvgIpc) is 3.38. The van der Waals surface area contributed by atoms with E-state index in [1.807, 2.05) is 0 Å². The Morgan fingerprint density at radius 1 is 1.17 bits per heavy atom. The maximum absolute atomic E-state index is 5.71. The summed E-state index contributed by atoms with van der Waals surface area (Å²) < 4.78 is 11.3. The maximum atomic E-state index is 5.71. The van der Waals surface area contributed by atoms with Gasteiger partial charge in [-0.2, -0.15) is 0 Å². The fraction of sp³-hybridized carbons (Fsp3) is 0.696. The highest BCUT2D eigenvalue weighted by Gasteiger charge is 2.42. The smallest absolute Gasteiger partial charge is 0.194 e. The molecule has 1 aromatic carbocycles. The van der Waals surface area contributed by atoms with Gasteiger partial charge >= 0.3 is 0 Å². The van der Waals surface area contributed by atoms with Crippen molar-refractivity contribution >= 4 is 5.96 Å². The zero-order valence-electron chi connectivity index (χ0n) is 18.0. The summed E-state index contributed by atoms with van der Waals surface area (Å²) in [5.41, 5.74) is 3.00. The van der Waals surface area contributed by atoms with Crippen LogP contribution in [0.1, 0.15) is 36.9 Å². The molecule has 1 N–H and O–H groups in total. The van der Waals surface area contributed by atoms with Gasteiger partial charge in [0, 0.05) is 44.7 Å². The van der Waals surface area contributed by atoms with E-state index < -0.39 is 0 Å². The molecular formula is C23H36N4O2. The second-order valence-corrected chi connectivity index (χ2v) is 8.75. The van der Waals surface area contributed by atoms with Gasteiger partial charge < -0.3 is 19.7 Å². The molecule has 0 amide bonds. The van der Waals surface area contributed by atoms with E-state index in [4.69, 9.17) is 14.5 Å². The minimum Gasteiger partial charge on any atom is -0.381 e. The Bertz CT molecular complexity index is 696. The molecule has 2 atom stereocenters. The number of benzene rings is 1. The molecule has 2 unspecified atom stereocenters. The van der Waals surface area contributed by atoms with Crippen molar-refractivity contribution < 1.29 is 9.47 Å². The van der Waals surface area contributed by atoms with Crippen LogP contribution in [0.4, 0.5) is 0 Å². The van der Waals surface area contributed by atoms with Crippen LogP contribution in [-0.4, -0.2) is 81.5 Å². The lowest BCUT2D eigenvalue weighted by Gasteiger charge is -2.34. The first-order chi connectivity index (χ1) is 14.2. The van der Waals surface area contributed by atoms with Gasteiger partial charge in [-0.15, -0.1) is 0 Å². The number of guanidine groups is 1. The molecule has 160 valence electrons. The van der Waals surface area contributed by atoms with Crippen LogP contribution in [0.2, 0.25) is 0 Å². The predicted octanol–water partition coefficient (Wildman–Crippen LogP) is 2.45. The summed E-state index contributed by atoms with van der Waals surface area (Å²) in [5.74, 6) is 1.06. The van der Waals surface area contributed by atoms with E-state index in [1.54, 1.807) is 0 Å². The fourth-order valence-corrected chi connectivity index (χ4v) is 4.88. The van der Waals surface area contributed by atoms with Crippen LogP contribution >= 0.6 is 0 Å². The molecule has 0 aliphatic carbocycles. The first-order valence-electron chi connectivity index (χ1n) is 11.2. The van der Waals surface area contributed by atoms with E-state index in [0.717, 1.165) is 71.7 Å². The number of ether oxygens (including phenoxy) is 2. The normalized spacial score (nSPS) is 27.0. The van der Waals surface area contributed by atoms with Crippen molar-refractivity contribution in [1.82, 2.24) is 15.1 Å². The second kappa shape index (κ2) is 9.45. The molecule has 29 heavy (non-hydrogen) atoms. The van der Waals surface area contributed by atoms with Crippen molar-refractivity contribution in [2.75, 3.05) is 65.7 Å². The summed E-state index contributed by atoms with van der Waals surface area (Å²) in [4.78, 5) is 10.1. The molecule has 3 saturated heterocycles. The maximum Gasteiger partial charge on any atom is 0.194 e. The molecule has 1 spiro atoms. The van der Waals surface area contributed by atoms with Gasteiger partial charge in [-0.05, 0) is 32.3 Å². The summed E-state index contributed by atoms with van der Waals surface area (Å²) in [6, 6.07) is 9.18. The zero-order valence-corrected chi connectivity index (χ0v) is 18.0. The number of hydrogen-bond acceptors (Lipinski definition) is 4. The zero-order chi connectivity index (χ0) is 20.1. The lowest BCUT2D eigenvalue weighted by Crippen LogP contribution is -2.43. The molecule has 3 aliphatic rings. The highest BCUT2D eigenvalue weighted by atomic mass is 16.5. The molecule has 3 aliphatic heterocycles. The summed E-state index contributed by atoms with van der Waals surface area (Å²) >= 11 is 0. The third-order valence-electron chi connectivity index (χ3n) is 6.59. The van der Waals surface area contributed by atoms with Crippen LogP contribution < -0.4 is 5.32 Å². The van der Waals surface area contributed by atoms with Crippen LogP contribution in [0.5, 0.6) is 0 Å². The Morgan fingerprint density at radius 2 is 2.03 bits per heavy atom. The number of rotatable bonds is 5. The Labute approximate surface area is 175 Å². The van der Waals surface area contributed by atoms with Gasteiger partial charge in [-0.3, -0.25) is 9.89 Å². The largest absolute Gasteiger partial charge is 0.381 e. The number of nitrogens with one attached hydrogen (secondary N) is 1. The lowest BCUT2D eigenvalue weighted by atomic mass is 9.87. The van der Waals surface area contributed by atoms with Crippen molar-refractivity contribution in [3.63, 3.8) is 0 Å². The van der Waals surface area contributed by atoms with Crippen molar-refractivity contribution in [2.45, 2.75) is 32.7 Å². The summed E-state index contributed by atoms with van der Waals surface area (Å²) in [5, 5.41) is 3.54. The Kier molecular flexibility index (Phi) is 6.73. The third-order valence-corrected chi connectivity index (χ3v) is 6.59. The molecule has 6 heteroatoms. The fourth-order valence-electron chi connectivity index (χ4n) is 4.88. The van der Waals surface area contributed by atoms with E-state index in [2.05, 4.69) is 53.2 Å². The lowest BCUT2D eigenvalue weighted by molar-refractivity contribution is 0.0179. The highest BCUT2D eigenvalue weighted by Crippen LogP contribution is 2.38. The highest BCUT2D eigenvalue weighted by molar-refractivity contribution is 5.80. The summed E-state index contributed by atoms with van der Waals surface area (Å²) in [6.07, 6.45) is 2.39. The Morgan fingerprint density at radius 3 is 2.76 bits per heavy atom. The van der Waals surface area contributed by atoms with Crippen LogP contribution in [-0.2, 0) is 9.47 Å². The molecule has 3 heterocycles. The van der Waals surface area contributed by atoms with Gasteiger partial charge in [0.2, 0.25) is 0 Å². The molecule has 4 rings (SSSR count). The van der Waals surface area contributed by atoms with Crippen molar-refractivity contribution in [1.29, 1.82) is 0 Å². The van der Waals surface area contributed by atoms with Crippen LogP contribution in [0.25, 0.3) is 0 Å². The summed E-state index contributed by atoms with van der Waals surface area (Å²) in [7, 11) is 0. The average molecular weight is 401 g/mol. The van der Waals surface area contributed by atoms with Gasteiger partial charge in [0.15, 0.2) is 5.96 Å². The number of aryl methyl sites for hydroxylation is 1. The van der Waals surface area contributed by atoms with Crippen molar-refractivity contribution in [3.05, 3.63) is 35.4 Å². The number of aliphatic imine (C=N–C) groups is 1. The standard InChI is InChI=1S/C23H36N4O2/c1-3-24-22(27-9-7-23(17-27)8-12-29-18-23)25-16-21(26-10-13-28-14-11-26)20-6-4-5-19(2)15-20/h4-6,15,21H,3,7-14,16-18H2,1-2H3,(H,24,25). The summed E-state index contributed by atoms with van der Waals surface area (Å²) in [6.45, 7) is 13.5. The van der Waals surface area contributed by atoms with E-state index in [1.165, 1.54) is 24.0 Å². The predicted molar refractivity (Wildman–Crippen MR) is 116 cm³/mol. The molecule has 3 fully saturated rings. The second-order valence-electron chi connectivity index (χ2n) is 8.75. The first-order valence-corrected chi connectivity index (χ1v) is 11.2. The third kappa shape index (κ3) is 4.93.